The van der Waals surface area contributed by atoms with E-state index in [9.17, 15) is 15.0 Å². The molecule has 0 aromatic heterocycles. The summed E-state index contributed by atoms with van der Waals surface area (Å²) >= 11 is 3.45. The van der Waals surface area contributed by atoms with Crippen molar-refractivity contribution in [3.63, 3.8) is 0 Å². The number of hydrogen-bond donors (Lipinski definition) is 2. The number of carbonyl (C=O) groups is 1. The van der Waals surface area contributed by atoms with E-state index >= 15 is 0 Å². The third-order valence-electron chi connectivity index (χ3n) is 4.64. The van der Waals surface area contributed by atoms with Crippen molar-refractivity contribution in [2.45, 2.75) is 0 Å². The molecule has 4 aromatic carbocycles. The van der Waals surface area contributed by atoms with Crippen LogP contribution in [-0.4, -0.2) is 23.3 Å². The van der Waals surface area contributed by atoms with E-state index in [0.29, 0.717) is 11.1 Å². The summed E-state index contributed by atoms with van der Waals surface area (Å²) in [5.74, 6) is -0.833. The Kier molecular flexibility index (Phi) is 4.24. The summed E-state index contributed by atoms with van der Waals surface area (Å²) in [6.07, 6.45) is 0. The first-order valence-corrected chi connectivity index (χ1v) is 9.05. The normalized spacial score (nSPS) is 11.0. The molecule has 27 heavy (non-hydrogen) atoms. The van der Waals surface area contributed by atoms with Crippen LogP contribution in [0.1, 0.15) is 10.4 Å². The van der Waals surface area contributed by atoms with E-state index in [-0.39, 0.29) is 17.1 Å². The largest absolute Gasteiger partial charge is 0.507 e. The lowest BCUT2D eigenvalue weighted by molar-refractivity contribution is 0.0597. The van der Waals surface area contributed by atoms with Gasteiger partial charge >= 0.3 is 5.97 Å². The maximum absolute atomic E-state index is 12.2. The van der Waals surface area contributed by atoms with Crippen LogP contribution in [0.2, 0.25) is 0 Å². The van der Waals surface area contributed by atoms with Gasteiger partial charge in [0, 0.05) is 15.6 Å². The first-order valence-electron chi connectivity index (χ1n) is 8.26. The molecule has 0 amide bonds. The van der Waals surface area contributed by atoms with E-state index in [2.05, 4.69) is 15.9 Å². The second kappa shape index (κ2) is 6.59. The fraction of sp³-hybridized carbons (Fsp3) is 0.0455. The zero-order chi connectivity index (χ0) is 19.1. The van der Waals surface area contributed by atoms with Crippen LogP contribution in [-0.2, 0) is 4.74 Å². The molecule has 4 aromatic rings. The summed E-state index contributed by atoms with van der Waals surface area (Å²) in [4.78, 5) is 12.2. The second-order valence-corrected chi connectivity index (χ2v) is 7.10. The molecule has 0 spiro atoms. The average molecular weight is 423 g/mol. The number of phenols is 2. The number of carbonyl (C=O) groups excluding carboxylic acids is 1. The molecule has 0 saturated carbocycles. The molecule has 0 aliphatic carbocycles. The molecule has 0 fully saturated rings. The summed E-state index contributed by atoms with van der Waals surface area (Å²) in [5.41, 5.74) is 0.929. The average Bonchev–Trinajstić information content (AvgIpc) is 2.68. The first-order chi connectivity index (χ1) is 13.0. The van der Waals surface area contributed by atoms with Crippen molar-refractivity contribution in [2.24, 2.45) is 0 Å². The van der Waals surface area contributed by atoms with Crippen molar-refractivity contribution in [1.29, 1.82) is 0 Å². The number of phenolic OH excluding ortho intramolecular Hbond substituents is 2. The minimum Gasteiger partial charge on any atom is -0.507 e. The van der Waals surface area contributed by atoms with Crippen LogP contribution >= 0.6 is 15.9 Å². The zero-order valence-corrected chi connectivity index (χ0v) is 15.9. The first kappa shape index (κ1) is 17.4. The lowest BCUT2D eigenvalue weighted by Gasteiger charge is -2.16. The van der Waals surface area contributed by atoms with E-state index in [1.165, 1.54) is 7.11 Å². The molecule has 4 nitrogen and oxygen atoms in total. The predicted molar refractivity (Wildman–Crippen MR) is 109 cm³/mol. The van der Waals surface area contributed by atoms with Gasteiger partial charge in [0.15, 0.2) is 0 Å². The molecule has 0 atom stereocenters. The van der Waals surface area contributed by atoms with Gasteiger partial charge in [-0.15, -0.1) is 0 Å². The number of hydrogen-bond acceptors (Lipinski definition) is 4. The monoisotopic (exact) mass is 422 g/mol. The number of aromatic hydroxyl groups is 2. The van der Waals surface area contributed by atoms with Crippen molar-refractivity contribution in [3.8, 4) is 22.6 Å². The molecular formula is C22H15BrO4. The van der Waals surface area contributed by atoms with Crippen molar-refractivity contribution >= 4 is 43.4 Å². The Morgan fingerprint density at radius 1 is 0.889 bits per heavy atom. The Morgan fingerprint density at radius 2 is 1.59 bits per heavy atom. The zero-order valence-electron chi connectivity index (χ0n) is 14.4. The van der Waals surface area contributed by atoms with Crippen molar-refractivity contribution < 1.29 is 19.7 Å². The minimum atomic E-state index is -0.637. The van der Waals surface area contributed by atoms with E-state index in [0.717, 1.165) is 26.0 Å². The van der Waals surface area contributed by atoms with Crippen LogP contribution in [0.3, 0.4) is 0 Å². The van der Waals surface area contributed by atoms with Gasteiger partial charge < -0.3 is 14.9 Å². The van der Waals surface area contributed by atoms with E-state index in [1.807, 2.05) is 48.5 Å². The molecule has 2 N–H and O–H groups in total. The van der Waals surface area contributed by atoms with E-state index < -0.39 is 5.97 Å². The number of fused-ring (bicyclic) bond motifs is 2. The molecule has 0 saturated heterocycles. The summed E-state index contributed by atoms with van der Waals surface area (Å²) in [7, 11) is 1.27. The standard InChI is InChI=1S/C22H15BrO4/c1-27-22(26)17-11-12-4-2-3-5-15(12)20(21(17)25)19-16-8-7-14(23)10-13(16)6-9-18(19)24/h2-11,24-25H,1H3. The molecule has 0 heterocycles. The van der Waals surface area contributed by atoms with Gasteiger partial charge in [-0.25, -0.2) is 4.79 Å². The Balaban J connectivity index is 2.20. The number of esters is 1. The Labute approximate surface area is 163 Å². The van der Waals surface area contributed by atoms with Crippen molar-refractivity contribution in [1.82, 2.24) is 0 Å². The highest BCUT2D eigenvalue weighted by Gasteiger charge is 2.23. The molecule has 134 valence electrons. The Morgan fingerprint density at radius 3 is 2.37 bits per heavy atom. The van der Waals surface area contributed by atoms with Crippen LogP contribution in [0.15, 0.2) is 65.1 Å². The maximum Gasteiger partial charge on any atom is 0.341 e. The summed E-state index contributed by atoms with van der Waals surface area (Å²) in [6.45, 7) is 0. The predicted octanol–water partition coefficient (Wildman–Crippen LogP) is 5.62. The highest BCUT2D eigenvalue weighted by atomic mass is 79.9. The van der Waals surface area contributed by atoms with Crippen LogP contribution < -0.4 is 0 Å². The molecule has 0 unspecified atom stereocenters. The molecular weight excluding hydrogens is 408 g/mol. The lowest BCUT2D eigenvalue weighted by atomic mass is 9.90. The van der Waals surface area contributed by atoms with Crippen molar-refractivity contribution in [3.05, 3.63) is 70.7 Å². The van der Waals surface area contributed by atoms with E-state index in [4.69, 9.17) is 4.74 Å². The quantitative estimate of drug-likeness (QED) is 0.411. The number of methoxy groups -OCH3 is 1. The highest BCUT2D eigenvalue weighted by molar-refractivity contribution is 9.10. The minimum absolute atomic E-state index is 0.0206. The molecule has 0 aliphatic heterocycles. The van der Waals surface area contributed by atoms with Gasteiger partial charge in [-0.2, -0.15) is 0 Å². The number of halogens is 1. The number of rotatable bonds is 2. The maximum atomic E-state index is 12.2. The van der Waals surface area contributed by atoms with Gasteiger partial charge in [0.25, 0.3) is 0 Å². The smallest absolute Gasteiger partial charge is 0.341 e. The fourth-order valence-corrected chi connectivity index (χ4v) is 3.79. The van der Waals surface area contributed by atoms with Gasteiger partial charge in [0.05, 0.1) is 7.11 Å². The molecule has 0 aliphatic rings. The molecule has 4 rings (SSSR count). The third kappa shape index (κ3) is 2.80. The Hall–Kier alpha value is -3.05. The Bertz CT molecular complexity index is 1210. The van der Waals surface area contributed by atoms with Crippen molar-refractivity contribution in [2.75, 3.05) is 7.11 Å². The van der Waals surface area contributed by atoms with Crippen LogP contribution in [0.4, 0.5) is 0 Å². The number of benzene rings is 4. The lowest BCUT2D eigenvalue weighted by Crippen LogP contribution is -2.03. The van der Waals surface area contributed by atoms with Gasteiger partial charge in [-0.05, 0) is 45.8 Å². The third-order valence-corrected chi connectivity index (χ3v) is 5.13. The summed E-state index contributed by atoms with van der Waals surface area (Å²) in [6, 6.07) is 18.1. The number of ether oxygens (including phenoxy) is 1. The summed E-state index contributed by atoms with van der Waals surface area (Å²) < 4.78 is 5.73. The molecule has 5 heteroatoms. The molecule has 0 bridgehead atoms. The highest BCUT2D eigenvalue weighted by Crippen LogP contribution is 2.46. The fourth-order valence-electron chi connectivity index (χ4n) is 3.41. The molecule has 0 radical (unpaired) electrons. The summed E-state index contributed by atoms with van der Waals surface area (Å²) in [5, 5.41) is 24.8. The van der Waals surface area contributed by atoms with Crippen LogP contribution in [0, 0.1) is 0 Å². The topological polar surface area (TPSA) is 66.8 Å². The van der Waals surface area contributed by atoms with E-state index in [1.54, 1.807) is 12.1 Å². The SMILES string of the molecule is COC(=O)c1cc2ccccc2c(-c2c(O)ccc3cc(Br)ccc23)c1O. The van der Waals surface area contributed by atoms with Gasteiger partial charge in [-0.1, -0.05) is 52.3 Å². The van der Waals surface area contributed by atoms with Crippen LogP contribution in [0.5, 0.6) is 11.5 Å². The van der Waals surface area contributed by atoms with Gasteiger partial charge in [0.2, 0.25) is 0 Å². The van der Waals surface area contributed by atoms with Gasteiger partial charge in [0.1, 0.15) is 17.1 Å². The van der Waals surface area contributed by atoms with Gasteiger partial charge in [-0.3, -0.25) is 0 Å². The second-order valence-electron chi connectivity index (χ2n) is 6.19. The van der Waals surface area contributed by atoms with Crippen LogP contribution in [0.25, 0.3) is 32.7 Å².